The van der Waals surface area contributed by atoms with Crippen molar-refractivity contribution >= 4 is 11.8 Å². The lowest BCUT2D eigenvalue weighted by atomic mass is 9.53. The summed E-state index contributed by atoms with van der Waals surface area (Å²) in [6, 6.07) is 0. The number of hydrogen-bond donors (Lipinski definition) is 0. The second kappa shape index (κ2) is 5.32. The molecule has 5 atom stereocenters. The highest BCUT2D eigenvalue weighted by atomic mass is 16.5. The minimum atomic E-state index is -0.220. The molecule has 1 unspecified atom stereocenters. The Morgan fingerprint density at radius 2 is 2.04 bits per heavy atom. The number of carbonyl (C=O) groups is 2. The number of hydrogen-bond acceptors (Lipinski definition) is 3. The fourth-order valence-corrected chi connectivity index (χ4v) is 5.96. The summed E-state index contributed by atoms with van der Waals surface area (Å²) in [5.74, 6) is 3.71. The normalized spacial score (nSPS) is 42.1. The predicted octanol–water partition coefficient (Wildman–Crippen LogP) is 4.19. The molecule has 2 fully saturated rings. The van der Waals surface area contributed by atoms with Gasteiger partial charge in [-0.05, 0) is 67.4 Å². The van der Waals surface area contributed by atoms with Crippen molar-refractivity contribution in [3.05, 3.63) is 23.5 Å². The highest BCUT2D eigenvalue weighted by molar-refractivity contribution is 5.87. The molecule has 124 valence electrons. The van der Waals surface area contributed by atoms with Gasteiger partial charge in [-0.25, -0.2) is 0 Å². The molecule has 0 heterocycles. The molecule has 0 amide bonds. The van der Waals surface area contributed by atoms with E-state index in [9.17, 15) is 9.59 Å². The Balaban J connectivity index is 1.60. The number of rotatable bonds is 1. The van der Waals surface area contributed by atoms with Crippen molar-refractivity contribution < 1.29 is 14.3 Å². The van der Waals surface area contributed by atoms with Crippen molar-refractivity contribution in [2.45, 2.75) is 58.8 Å². The van der Waals surface area contributed by atoms with E-state index >= 15 is 0 Å². The molecule has 4 aliphatic carbocycles. The molecule has 0 aromatic rings. The molecule has 0 radical (unpaired) electrons. The zero-order valence-electron chi connectivity index (χ0n) is 14.1. The molecule has 3 heteroatoms. The lowest BCUT2D eigenvalue weighted by Crippen LogP contribution is -2.45. The number of esters is 1. The molecule has 0 bridgehead atoms. The fourth-order valence-electron chi connectivity index (χ4n) is 5.96. The average molecular weight is 314 g/mol. The van der Waals surface area contributed by atoms with Gasteiger partial charge in [0.15, 0.2) is 0 Å². The van der Waals surface area contributed by atoms with Crippen LogP contribution in [0.25, 0.3) is 0 Å². The number of carbonyl (C=O) groups excluding carboxylic acids is 2. The average Bonchev–Trinajstić information content (AvgIpc) is 2.82. The zero-order chi connectivity index (χ0) is 16.2. The van der Waals surface area contributed by atoms with Gasteiger partial charge in [-0.15, -0.1) is 0 Å². The number of fused-ring (bicyclic) bond motifs is 5. The van der Waals surface area contributed by atoms with Gasteiger partial charge in [0.2, 0.25) is 0 Å². The van der Waals surface area contributed by atoms with E-state index in [1.807, 2.05) is 0 Å². The van der Waals surface area contributed by atoms with Crippen LogP contribution in [0.2, 0.25) is 0 Å². The quantitative estimate of drug-likeness (QED) is 0.682. The molecule has 4 aliphatic rings. The van der Waals surface area contributed by atoms with Crippen LogP contribution in [0, 0.1) is 29.1 Å². The van der Waals surface area contributed by atoms with E-state index in [1.165, 1.54) is 18.9 Å². The standard InChI is InChI=1S/C20H26O3/c1-12(21)23-14-4-6-15-13(11-14)3-5-17-16(15)9-10-20(2)18(17)7-8-19(20)22/h3,11,15-18H,4-10H2,1-2H3/t15-,16+,17?,18-,20-/m0/s1. The highest BCUT2D eigenvalue weighted by Crippen LogP contribution is 2.59. The predicted molar refractivity (Wildman–Crippen MR) is 87.3 cm³/mol. The third kappa shape index (κ3) is 2.31. The van der Waals surface area contributed by atoms with E-state index in [2.05, 4.69) is 19.1 Å². The Morgan fingerprint density at radius 1 is 1.22 bits per heavy atom. The second-order valence-electron chi connectivity index (χ2n) is 8.14. The fraction of sp³-hybridized carbons (Fsp3) is 0.700. The molecule has 0 saturated heterocycles. The summed E-state index contributed by atoms with van der Waals surface area (Å²) in [6.45, 7) is 3.69. The van der Waals surface area contributed by atoms with Crippen molar-refractivity contribution in [3.8, 4) is 0 Å². The largest absolute Gasteiger partial charge is 0.431 e. The van der Waals surface area contributed by atoms with Gasteiger partial charge in [-0.2, -0.15) is 0 Å². The molecule has 0 spiro atoms. The third-order valence-electron chi connectivity index (χ3n) is 7.08. The monoisotopic (exact) mass is 314 g/mol. The Hall–Kier alpha value is -1.38. The third-order valence-corrected chi connectivity index (χ3v) is 7.08. The van der Waals surface area contributed by atoms with Gasteiger partial charge >= 0.3 is 5.97 Å². The summed E-state index contributed by atoms with van der Waals surface area (Å²) < 4.78 is 5.31. The Labute approximate surface area is 138 Å². The number of Topliss-reactive ketones (excluding diaryl/α,β-unsaturated/α-hetero) is 1. The summed E-state index contributed by atoms with van der Waals surface area (Å²) in [6.07, 6.45) is 11.7. The molecule has 0 aliphatic heterocycles. The molecular formula is C20H26O3. The number of ketones is 1. The maximum Gasteiger partial charge on any atom is 0.307 e. The van der Waals surface area contributed by atoms with Crippen LogP contribution in [0.4, 0.5) is 0 Å². The number of allylic oxidation sites excluding steroid dienone is 4. The minimum Gasteiger partial charge on any atom is -0.431 e. The second-order valence-corrected chi connectivity index (χ2v) is 8.14. The van der Waals surface area contributed by atoms with Crippen molar-refractivity contribution in [1.29, 1.82) is 0 Å². The Bertz CT molecular complexity index is 614. The molecule has 3 nitrogen and oxygen atoms in total. The van der Waals surface area contributed by atoms with Crippen LogP contribution in [0.3, 0.4) is 0 Å². The smallest absolute Gasteiger partial charge is 0.307 e. The van der Waals surface area contributed by atoms with Gasteiger partial charge in [0.25, 0.3) is 0 Å². The van der Waals surface area contributed by atoms with E-state index in [4.69, 9.17) is 4.74 Å². The minimum absolute atomic E-state index is 0.0417. The van der Waals surface area contributed by atoms with Crippen LogP contribution in [-0.2, 0) is 14.3 Å². The van der Waals surface area contributed by atoms with E-state index in [0.717, 1.165) is 44.3 Å². The van der Waals surface area contributed by atoms with Crippen molar-refractivity contribution in [1.82, 2.24) is 0 Å². The first kappa shape index (κ1) is 15.2. The zero-order valence-corrected chi connectivity index (χ0v) is 14.1. The molecular weight excluding hydrogens is 288 g/mol. The Kier molecular flexibility index (Phi) is 3.51. The van der Waals surface area contributed by atoms with Crippen LogP contribution < -0.4 is 0 Å². The van der Waals surface area contributed by atoms with Gasteiger partial charge in [0.05, 0.1) is 0 Å². The first-order valence-electron chi connectivity index (χ1n) is 9.11. The van der Waals surface area contributed by atoms with Crippen LogP contribution in [-0.4, -0.2) is 11.8 Å². The van der Waals surface area contributed by atoms with Crippen molar-refractivity contribution in [3.63, 3.8) is 0 Å². The summed E-state index contributed by atoms with van der Waals surface area (Å²) in [7, 11) is 0. The summed E-state index contributed by atoms with van der Waals surface area (Å²) in [5, 5.41) is 0. The van der Waals surface area contributed by atoms with Crippen molar-refractivity contribution in [2.75, 3.05) is 0 Å². The first-order chi connectivity index (χ1) is 11.0. The topological polar surface area (TPSA) is 43.4 Å². The lowest BCUT2D eigenvalue weighted by Gasteiger charge is -2.50. The maximum absolute atomic E-state index is 12.4. The maximum atomic E-state index is 12.4. The van der Waals surface area contributed by atoms with Crippen LogP contribution in [0.5, 0.6) is 0 Å². The van der Waals surface area contributed by atoms with Gasteiger partial charge in [-0.3, -0.25) is 9.59 Å². The molecule has 0 aromatic carbocycles. The summed E-state index contributed by atoms with van der Waals surface area (Å²) in [4.78, 5) is 23.5. The van der Waals surface area contributed by atoms with Gasteiger partial charge in [-0.1, -0.05) is 13.0 Å². The first-order valence-corrected chi connectivity index (χ1v) is 9.11. The van der Waals surface area contributed by atoms with Crippen LogP contribution in [0.15, 0.2) is 23.5 Å². The van der Waals surface area contributed by atoms with Gasteiger partial charge < -0.3 is 4.74 Å². The van der Waals surface area contributed by atoms with Crippen LogP contribution in [0.1, 0.15) is 58.8 Å². The van der Waals surface area contributed by atoms with Gasteiger partial charge in [0.1, 0.15) is 11.5 Å². The van der Waals surface area contributed by atoms with E-state index in [-0.39, 0.29) is 11.4 Å². The van der Waals surface area contributed by atoms with Crippen molar-refractivity contribution in [2.24, 2.45) is 29.1 Å². The van der Waals surface area contributed by atoms with Gasteiger partial charge in [0, 0.05) is 25.2 Å². The molecule has 2 saturated carbocycles. The molecule has 23 heavy (non-hydrogen) atoms. The van der Waals surface area contributed by atoms with E-state index in [1.54, 1.807) is 0 Å². The van der Waals surface area contributed by atoms with Crippen LogP contribution >= 0.6 is 0 Å². The van der Waals surface area contributed by atoms with E-state index < -0.39 is 0 Å². The molecule has 4 rings (SSSR count). The highest BCUT2D eigenvalue weighted by Gasteiger charge is 2.55. The summed E-state index contributed by atoms with van der Waals surface area (Å²) >= 11 is 0. The molecule has 0 aromatic heterocycles. The summed E-state index contributed by atoms with van der Waals surface area (Å²) in [5.41, 5.74) is 1.33. The Morgan fingerprint density at radius 3 is 2.83 bits per heavy atom. The molecule has 0 N–H and O–H groups in total. The van der Waals surface area contributed by atoms with E-state index in [0.29, 0.717) is 29.5 Å². The SMILES string of the molecule is CC(=O)OC1=CC2=CCC3[C@H](CC[C@]4(C)C(=O)CC[C@@H]34)[C@H]2CC1. The number of ether oxygens (including phenoxy) is 1. The lowest BCUT2D eigenvalue weighted by molar-refractivity contribution is -0.137.